The minimum atomic E-state index is -0.565. The molecule has 0 unspecified atom stereocenters. The zero-order valence-corrected chi connectivity index (χ0v) is 6.97. The minimum absolute atomic E-state index is 0.285. The van der Waals surface area contributed by atoms with E-state index in [0.29, 0.717) is 0 Å². The van der Waals surface area contributed by atoms with E-state index in [0.717, 1.165) is 0 Å². The maximum atomic E-state index is 5.44. The zero-order chi connectivity index (χ0) is 7.99. The molecule has 3 heteroatoms. The summed E-state index contributed by atoms with van der Waals surface area (Å²) in [5, 5.41) is 0. The van der Waals surface area contributed by atoms with E-state index >= 15 is 0 Å². The molecule has 1 fully saturated rings. The van der Waals surface area contributed by atoms with E-state index in [1.165, 1.54) is 0 Å². The molecule has 0 saturated carbocycles. The third-order valence-electron chi connectivity index (χ3n) is 2.27. The molecule has 0 N–H and O–H groups in total. The molecule has 0 aromatic rings. The highest BCUT2D eigenvalue weighted by Gasteiger charge is 2.47. The van der Waals surface area contributed by atoms with Crippen molar-refractivity contribution in [2.45, 2.75) is 45.1 Å². The molecule has 0 amide bonds. The first-order valence-electron chi connectivity index (χ1n) is 3.46. The highest BCUT2D eigenvalue weighted by molar-refractivity contribution is 6.10. The maximum absolute atomic E-state index is 5.44. The second-order valence-electron chi connectivity index (χ2n) is 3.62. The molecule has 0 bridgehead atoms. The Bertz CT molecular complexity index is 127. The molecular formula is C7H13BO2. The largest absolute Gasteiger partial charge is 0.353 e. The molecule has 1 heterocycles. The summed E-state index contributed by atoms with van der Waals surface area (Å²) in [5.41, 5.74) is -0.571. The molecule has 0 spiro atoms. The Morgan fingerprint density at radius 1 is 1.00 bits per heavy atom. The van der Waals surface area contributed by atoms with Crippen LogP contribution in [0, 0.1) is 0 Å². The normalized spacial score (nSPS) is 30.8. The van der Waals surface area contributed by atoms with Gasteiger partial charge in [0.1, 0.15) is 14.0 Å². The Hall–Kier alpha value is -0.0151. The lowest BCUT2D eigenvalue weighted by atomic mass is 9.90. The standard InChI is InChI=1S/C7H13BO2/c1-6(2)7(3,4)10-5(8)9-6/h5H,1-4H3. The van der Waals surface area contributed by atoms with Gasteiger partial charge in [-0.25, -0.2) is 0 Å². The van der Waals surface area contributed by atoms with E-state index in [-0.39, 0.29) is 11.2 Å². The lowest BCUT2D eigenvalue weighted by molar-refractivity contribution is -0.0249. The van der Waals surface area contributed by atoms with Crippen LogP contribution in [0.1, 0.15) is 27.7 Å². The molecule has 0 aliphatic carbocycles. The van der Waals surface area contributed by atoms with Crippen LogP contribution in [-0.4, -0.2) is 25.2 Å². The van der Waals surface area contributed by atoms with Gasteiger partial charge in [-0.15, -0.1) is 0 Å². The highest BCUT2D eigenvalue weighted by Crippen LogP contribution is 2.36. The van der Waals surface area contributed by atoms with Crippen LogP contribution >= 0.6 is 0 Å². The van der Waals surface area contributed by atoms with Gasteiger partial charge in [0.05, 0.1) is 11.2 Å². The van der Waals surface area contributed by atoms with E-state index in [4.69, 9.17) is 17.3 Å². The number of ether oxygens (including phenoxy) is 2. The predicted molar refractivity (Wildman–Crippen MR) is 39.9 cm³/mol. The first-order valence-corrected chi connectivity index (χ1v) is 3.46. The Balaban J connectivity index is 2.78. The first kappa shape index (κ1) is 8.09. The Labute approximate surface area is 63.3 Å². The van der Waals surface area contributed by atoms with Crippen molar-refractivity contribution in [2.24, 2.45) is 0 Å². The van der Waals surface area contributed by atoms with Gasteiger partial charge in [0.2, 0.25) is 0 Å². The summed E-state index contributed by atoms with van der Waals surface area (Å²) in [4.78, 5) is 0. The highest BCUT2D eigenvalue weighted by atomic mass is 16.7. The van der Waals surface area contributed by atoms with E-state index in [1.807, 2.05) is 27.7 Å². The van der Waals surface area contributed by atoms with Gasteiger partial charge >= 0.3 is 0 Å². The summed E-state index contributed by atoms with van der Waals surface area (Å²) < 4.78 is 10.6. The van der Waals surface area contributed by atoms with Crippen molar-refractivity contribution >= 4 is 7.85 Å². The topological polar surface area (TPSA) is 18.5 Å². The molecule has 1 aliphatic heterocycles. The second-order valence-corrected chi connectivity index (χ2v) is 3.62. The molecule has 1 aliphatic rings. The van der Waals surface area contributed by atoms with Gasteiger partial charge in [0, 0.05) is 0 Å². The maximum Gasteiger partial charge on any atom is 0.149 e. The Kier molecular flexibility index (Phi) is 1.61. The molecule has 1 saturated heterocycles. The monoisotopic (exact) mass is 140 g/mol. The van der Waals surface area contributed by atoms with Crippen LogP contribution in [0.4, 0.5) is 0 Å². The summed E-state index contributed by atoms with van der Waals surface area (Å²) in [7, 11) is 5.44. The summed E-state index contributed by atoms with van der Waals surface area (Å²) in [6, 6.07) is 0. The first-order chi connectivity index (χ1) is 4.35. The van der Waals surface area contributed by atoms with Crippen LogP contribution < -0.4 is 0 Å². The van der Waals surface area contributed by atoms with Gasteiger partial charge in [0.25, 0.3) is 0 Å². The Morgan fingerprint density at radius 3 is 1.40 bits per heavy atom. The van der Waals surface area contributed by atoms with Gasteiger partial charge in [-0.1, -0.05) is 0 Å². The van der Waals surface area contributed by atoms with Crippen molar-refractivity contribution in [2.75, 3.05) is 0 Å². The predicted octanol–water partition coefficient (Wildman–Crippen LogP) is 1.04. The molecular weight excluding hydrogens is 127 g/mol. The van der Waals surface area contributed by atoms with Crippen LogP contribution in [0.2, 0.25) is 0 Å². The van der Waals surface area contributed by atoms with Gasteiger partial charge in [0.15, 0.2) is 0 Å². The molecule has 2 radical (unpaired) electrons. The summed E-state index contributed by atoms with van der Waals surface area (Å²) in [5.74, 6) is 0. The van der Waals surface area contributed by atoms with Crippen molar-refractivity contribution in [1.29, 1.82) is 0 Å². The second kappa shape index (κ2) is 1.99. The molecule has 0 atom stereocenters. The van der Waals surface area contributed by atoms with E-state index < -0.39 is 6.19 Å². The third-order valence-corrected chi connectivity index (χ3v) is 2.27. The van der Waals surface area contributed by atoms with Crippen LogP contribution in [0.15, 0.2) is 0 Å². The van der Waals surface area contributed by atoms with Gasteiger partial charge < -0.3 is 9.47 Å². The van der Waals surface area contributed by atoms with Crippen LogP contribution in [-0.2, 0) is 9.47 Å². The minimum Gasteiger partial charge on any atom is -0.353 e. The number of hydrogen-bond donors (Lipinski definition) is 0. The molecule has 0 aromatic heterocycles. The quantitative estimate of drug-likeness (QED) is 0.468. The lowest BCUT2D eigenvalue weighted by Crippen LogP contribution is -2.41. The average molecular weight is 140 g/mol. The van der Waals surface area contributed by atoms with Gasteiger partial charge in [-0.05, 0) is 27.7 Å². The lowest BCUT2D eigenvalue weighted by Gasteiger charge is -2.30. The summed E-state index contributed by atoms with van der Waals surface area (Å²) in [6.45, 7) is 7.89. The molecule has 10 heavy (non-hydrogen) atoms. The smallest absolute Gasteiger partial charge is 0.149 e. The number of hydrogen-bond acceptors (Lipinski definition) is 2. The van der Waals surface area contributed by atoms with Crippen LogP contribution in [0.25, 0.3) is 0 Å². The molecule has 0 aromatic carbocycles. The summed E-state index contributed by atoms with van der Waals surface area (Å²) >= 11 is 0. The van der Waals surface area contributed by atoms with Crippen LogP contribution in [0.5, 0.6) is 0 Å². The van der Waals surface area contributed by atoms with Crippen molar-refractivity contribution in [3.05, 3.63) is 0 Å². The van der Waals surface area contributed by atoms with Gasteiger partial charge in [-0.3, -0.25) is 0 Å². The number of rotatable bonds is 0. The average Bonchev–Trinajstić information content (AvgIpc) is 1.73. The van der Waals surface area contributed by atoms with Crippen molar-refractivity contribution in [3.8, 4) is 0 Å². The van der Waals surface area contributed by atoms with Crippen molar-refractivity contribution < 1.29 is 9.47 Å². The van der Waals surface area contributed by atoms with E-state index in [1.54, 1.807) is 0 Å². The summed E-state index contributed by atoms with van der Waals surface area (Å²) in [6.07, 6.45) is -0.565. The molecule has 2 nitrogen and oxygen atoms in total. The molecule has 56 valence electrons. The fourth-order valence-corrected chi connectivity index (χ4v) is 0.889. The third kappa shape index (κ3) is 1.08. The SMILES string of the molecule is [B]C1OC(C)(C)C(C)(C)O1. The Morgan fingerprint density at radius 2 is 1.30 bits per heavy atom. The van der Waals surface area contributed by atoms with Crippen molar-refractivity contribution in [3.63, 3.8) is 0 Å². The fourth-order valence-electron chi connectivity index (χ4n) is 0.889. The van der Waals surface area contributed by atoms with E-state index in [9.17, 15) is 0 Å². The van der Waals surface area contributed by atoms with E-state index in [2.05, 4.69) is 0 Å². The molecule has 1 rings (SSSR count). The van der Waals surface area contributed by atoms with Crippen molar-refractivity contribution in [1.82, 2.24) is 0 Å². The zero-order valence-electron chi connectivity index (χ0n) is 6.97. The van der Waals surface area contributed by atoms with Crippen LogP contribution in [0.3, 0.4) is 0 Å². The van der Waals surface area contributed by atoms with Gasteiger partial charge in [-0.2, -0.15) is 0 Å². The fraction of sp³-hybridized carbons (Fsp3) is 1.00.